The summed E-state index contributed by atoms with van der Waals surface area (Å²) in [5.41, 5.74) is 2.92. The van der Waals surface area contributed by atoms with Gasteiger partial charge in [-0.05, 0) is 30.2 Å². The van der Waals surface area contributed by atoms with Gasteiger partial charge in [-0.2, -0.15) is 0 Å². The average molecular weight is 292 g/mol. The van der Waals surface area contributed by atoms with Gasteiger partial charge in [-0.15, -0.1) is 0 Å². The van der Waals surface area contributed by atoms with E-state index in [2.05, 4.69) is 47.5 Å². The zero-order valence-electron chi connectivity index (χ0n) is 12.8. The minimum Gasteiger partial charge on any atom is -0.325 e. The fourth-order valence-corrected chi connectivity index (χ4v) is 4.23. The first kappa shape index (κ1) is 13.5. The third-order valence-electron chi connectivity index (χ3n) is 5.21. The quantitative estimate of drug-likeness (QED) is 0.920. The van der Waals surface area contributed by atoms with E-state index in [0.717, 1.165) is 30.8 Å². The van der Waals surface area contributed by atoms with Gasteiger partial charge in [-0.1, -0.05) is 55.5 Å². The van der Waals surface area contributed by atoms with Crippen molar-refractivity contribution in [2.45, 2.75) is 24.8 Å². The smallest absolute Gasteiger partial charge is 0.237 e. The Balaban J connectivity index is 1.92. The Morgan fingerprint density at radius 2 is 1.86 bits per heavy atom. The highest BCUT2D eigenvalue weighted by atomic mass is 16.2. The Morgan fingerprint density at radius 1 is 1.14 bits per heavy atom. The first-order chi connectivity index (χ1) is 10.8. The summed E-state index contributed by atoms with van der Waals surface area (Å²) in [4.78, 5) is 15.4. The molecule has 2 aliphatic heterocycles. The number of carbonyl (C=O) groups excluding carboxylic acids is 1. The van der Waals surface area contributed by atoms with Crippen LogP contribution in [0.15, 0.2) is 54.6 Å². The predicted molar refractivity (Wildman–Crippen MR) is 87.8 cm³/mol. The SMILES string of the molecule is CCN1CC[C@@]2(C(=O)Nc3ccccc32)[C@@H]1c1ccccc1. The highest BCUT2D eigenvalue weighted by molar-refractivity contribution is 6.07. The molecule has 22 heavy (non-hydrogen) atoms. The summed E-state index contributed by atoms with van der Waals surface area (Å²) in [6, 6.07) is 18.7. The van der Waals surface area contributed by atoms with E-state index >= 15 is 0 Å². The molecular weight excluding hydrogens is 272 g/mol. The fourth-order valence-electron chi connectivity index (χ4n) is 4.23. The average Bonchev–Trinajstić information content (AvgIpc) is 3.09. The third-order valence-corrected chi connectivity index (χ3v) is 5.21. The largest absolute Gasteiger partial charge is 0.325 e. The minimum absolute atomic E-state index is 0.113. The fraction of sp³-hybridized carbons (Fsp3) is 0.316. The van der Waals surface area contributed by atoms with Gasteiger partial charge < -0.3 is 5.32 Å². The summed E-state index contributed by atoms with van der Waals surface area (Å²) in [6.07, 6.45) is 0.878. The van der Waals surface area contributed by atoms with Gasteiger partial charge in [0, 0.05) is 12.2 Å². The lowest BCUT2D eigenvalue weighted by Crippen LogP contribution is -2.40. The number of fused-ring (bicyclic) bond motifs is 2. The molecule has 0 aromatic heterocycles. The molecule has 0 saturated carbocycles. The van der Waals surface area contributed by atoms with Crippen LogP contribution < -0.4 is 5.32 Å². The van der Waals surface area contributed by atoms with Crippen molar-refractivity contribution in [1.29, 1.82) is 0 Å². The lowest BCUT2D eigenvalue weighted by atomic mass is 9.72. The van der Waals surface area contributed by atoms with Gasteiger partial charge in [0.1, 0.15) is 0 Å². The zero-order chi connectivity index (χ0) is 15.2. The molecular formula is C19H20N2O. The molecule has 2 heterocycles. The molecule has 1 saturated heterocycles. The lowest BCUT2D eigenvalue weighted by molar-refractivity contribution is -0.121. The molecule has 0 unspecified atom stereocenters. The van der Waals surface area contributed by atoms with Crippen molar-refractivity contribution in [3.63, 3.8) is 0 Å². The molecule has 3 nitrogen and oxygen atoms in total. The van der Waals surface area contributed by atoms with Crippen LogP contribution in [0.5, 0.6) is 0 Å². The topological polar surface area (TPSA) is 32.3 Å². The number of hydrogen-bond acceptors (Lipinski definition) is 2. The third kappa shape index (κ3) is 1.69. The molecule has 1 fully saturated rings. The van der Waals surface area contributed by atoms with E-state index in [1.54, 1.807) is 0 Å². The van der Waals surface area contributed by atoms with Crippen molar-refractivity contribution in [3.05, 3.63) is 65.7 Å². The van der Waals surface area contributed by atoms with Crippen LogP contribution in [-0.4, -0.2) is 23.9 Å². The molecule has 0 aliphatic carbocycles. The Morgan fingerprint density at radius 3 is 2.64 bits per heavy atom. The van der Waals surface area contributed by atoms with Crippen LogP contribution in [0.25, 0.3) is 0 Å². The maximum absolute atomic E-state index is 13.0. The molecule has 0 bridgehead atoms. The molecule has 3 heteroatoms. The molecule has 2 aromatic carbocycles. The highest BCUT2D eigenvalue weighted by Crippen LogP contribution is 2.54. The standard InChI is InChI=1S/C19H20N2O/c1-2-21-13-12-19(17(21)14-8-4-3-5-9-14)15-10-6-7-11-16(15)20-18(19)22/h3-11,17H,2,12-13H2,1H3,(H,20,22)/t17-,19-/m0/s1. The second-order valence-electron chi connectivity index (χ2n) is 6.16. The van der Waals surface area contributed by atoms with Crippen LogP contribution in [0.4, 0.5) is 5.69 Å². The predicted octanol–water partition coefficient (Wildman–Crippen LogP) is 3.34. The molecule has 2 atom stereocenters. The normalized spacial score (nSPS) is 27.1. The van der Waals surface area contributed by atoms with E-state index in [0.29, 0.717) is 0 Å². The Bertz CT molecular complexity index is 712. The van der Waals surface area contributed by atoms with Crippen LogP contribution in [0.2, 0.25) is 0 Å². The monoisotopic (exact) mass is 292 g/mol. The van der Waals surface area contributed by atoms with Gasteiger partial charge >= 0.3 is 0 Å². The molecule has 1 amide bonds. The van der Waals surface area contributed by atoms with Crippen LogP contribution in [0.3, 0.4) is 0 Å². The van der Waals surface area contributed by atoms with Crippen molar-refractivity contribution in [2.24, 2.45) is 0 Å². The number of anilines is 1. The molecule has 0 radical (unpaired) electrons. The highest BCUT2D eigenvalue weighted by Gasteiger charge is 2.57. The molecule has 2 aromatic rings. The molecule has 4 rings (SSSR count). The first-order valence-electron chi connectivity index (χ1n) is 7.97. The van der Waals surface area contributed by atoms with E-state index in [1.165, 1.54) is 5.56 Å². The minimum atomic E-state index is -0.450. The summed E-state index contributed by atoms with van der Waals surface area (Å²) in [5, 5.41) is 3.11. The maximum atomic E-state index is 13.0. The Hall–Kier alpha value is -2.13. The van der Waals surface area contributed by atoms with Crippen LogP contribution in [-0.2, 0) is 10.2 Å². The van der Waals surface area contributed by atoms with Gasteiger partial charge in [0.05, 0.1) is 11.5 Å². The molecule has 1 spiro atoms. The number of likely N-dealkylation sites (N-methyl/N-ethyl adjacent to an activating group) is 1. The molecule has 112 valence electrons. The van der Waals surface area contributed by atoms with E-state index in [-0.39, 0.29) is 11.9 Å². The van der Waals surface area contributed by atoms with Crippen molar-refractivity contribution < 1.29 is 4.79 Å². The van der Waals surface area contributed by atoms with E-state index in [4.69, 9.17) is 0 Å². The Kier molecular flexibility index (Phi) is 3.05. The summed E-state index contributed by atoms with van der Waals surface area (Å²) in [7, 11) is 0. The number of para-hydroxylation sites is 1. The van der Waals surface area contributed by atoms with Crippen molar-refractivity contribution in [1.82, 2.24) is 4.90 Å². The zero-order valence-corrected chi connectivity index (χ0v) is 12.8. The van der Waals surface area contributed by atoms with Gasteiger partial charge in [-0.25, -0.2) is 0 Å². The lowest BCUT2D eigenvalue weighted by Gasteiger charge is -2.34. The maximum Gasteiger partial charge on any atom is 0.237 e. The summed E-state index contributed by atoms with van der Waals surface area (Å²) in [6.45, 7) is 4.09. The number of carbonyl (C=O) groups is 1. The van der Waals surface area contributed by atoms with Gasteiger partial charge in [0.25, 0.3) is 0 Å². The van der Waals surface area contributed by atoms with E-state index in [9.17, 15) is 4.79 Å². The van der Waals surface area contributed by atoms with E-state index < -0.39 is 5.41 Å². The number of rotatable bonds is 2. The number of nitrogens with zero attached hydrogens (tertiary/aromatic N) is 1. The van der Waals surface area contributed by atoms with E-state index in [1.807, 2.05) is 24.3 Å². The van der Waals surface area contributed by atoms with Crippen LogP contribution >= 0.6 is 0 Å². The van der Waals surface area contributed by atoms with Crippen LogP contribution in [0.1, 0.15) is 30.5 Å². The van der Waals surface area contributed by atoms with Gasteiger partial charge in [-0.3, -0.25) is 9.69 Å². The second kappa shape index (κ2) is 4.96. The Labute approximate surface area is 131 Å². The summed E-state index contributed by atoms with van der Waals surface area (Å²) >= 11 is 0. The van der Waals surface area contributed by atoms with Gasteiger partial charge in [0.15, 0.2) is 0 Å². The van der Waals surface area contributed by atoms with Gasteiger partial charge in [0.2, 0.25) is 5.91 Å². The molecule has 2 aliphatic rings. The summed E-state index contributed by atoms with van der Waals surface area (Å²) < 4.78 is 0. The summed E-state index contributed by atoms with van der Waals surface area (Å²) in [5.74, 6) is 0.151. The van der Waals surface area contributed by atoms with Crippen LogP contribution in [0, 0.1) is 0 Å². The molecule has 1 N–H and O–H groups in total. The number of amides is 1. The number of likely N-dealkylation sites (tertiary alicyclic amines) is 1. The van der Waals surface area contributed by atoms with Crippen molar-refractivity contribution >= 4 is 11.6 Å². The second-order valence-corrected chi connectivity index (χ2v) is 6.16. The number of benzene rings is 2. The number of nitrogens with one attached hydrogen (secondary N) is 1. The number of hydrogen-bond donors (Lipinski definition) is 1. The van der Waals surface area contributed by atoms with Crippen molar-refractivity contribution in [2.75, 3.05) is 18.4 Å². The van der Waals surface area contributed by atoms with Crippen molar-refractivity contribution in [3.8, 4) is 0 Å². The first-order valence-corrected chi connectivity index (χ1v) is 7.97.